The van der Waals surface area contributed by atoms with E-state index in [9.17, 15) is 4.79 Å². The van der Waals surface area contributed by atoms with Gasteiger partial charge in [0.2, 0.25) is 5.91 Å². The standard InChI is InChI=1S/C9H16N2O.C2H6/c1-11-7-4-9(8(11)12)2-5-10-6-3-9;1-2/h10H,2-7H2,1H3;1-2H3. The van der Waals surface area contributed by atoms with Crippen LogP contribution in [0.15, 0.2) is 0 Å². The third kappa shape index (κ3) is 1.92. The van der Waals surface area contributed by atoms with E-state index in [-0.39, 0.29) is 5.41 Å². The molecule has 2 aliphatic rings. The monoisotopic (exact) mass is 198 g/mol. The molecule has 0 aromatic rings. The van der Waals surface area contributed by atoms with Gasteiger partial charge in [0.1, 0.15) is 0 Å². The summed E-state index contributed by atoms with van der Waals surface area (Å²) in [6, 6.07) is 0. The summed E-state index contributed by atoms with van der Waals surface area (Å²) in [4.78, 5) is 13.7. The minimum absolute atomic E-state index is 0.0278. The van der Waals surface area contributed by atoms with E-state index in [0.717, 1.165) is 38.9 Å². The fourth-order valence-electron chi connectivity index (χ4n) is 2.36. The van der Waals surface area contributed by atoms with E-state index in [0.29, 0.717) is 5.91 Å². The molecule has 1 spiro atoms. The Labute approximate surface area is 86.9 Å². The second kappa shape index (κ2) is 4.78. The van der Waals surface area contributed by atoms with E-state index in [1.165, 1.54) is 0 Å². The Balaban J connectivity index is 0.000000461. The molecule has 2 rings (SSSR count). The van der Waals surface area contributed by atoms with Gasteiger partial charge >= 0.3 is 0 Å². The highest BCUT2D eigenvalue weighted by molar-refractivity contribution is 5.84. The van der Waals surface area contributed by atoms with Crippen molar-refractivity contribution in [3.63, 3.8) is 0 Å². The van der Waals surface area contributed by atoms with E-state index in [2.05, 4.69) is 5.32 Å². The highest BCUT2D eigenvalue weighted by atomic mass is 16.2. The number of carbonyl (C=O) groups excluding carboxylic acids is 1. The van der Waals surface area contributed by atoms with Crippen molar-refractivity contribution in [3.05, 3.63) is 0 Å². The van der Waals surface area contributed by atoms with E-state index in [1.807, 2.05) is 25.8 Å². The van der Waals surface area contributed by atoms with Crippen molar-refractivity contribution < 1.29 is 4.79 Å². The van der Waals surface area contributed by atoms with Gasteiger partial charge in [-0.2, -0.15) is 0 Å². The molecule has 3 heteroatoms. The minimum atomic E-state index is 0.0278. The van der Waals surface area contributed by atoms with Crippen molar-refractivity contribution in [2.45, 2.75) is 33.1 Å². The Morgan fingerprint density at radius 1 is 1.21 bits per heavy atom. The Hall–Kier alpha value is -0.570. The van der Waals surface area contributed by atoms with Gasteiger partial charge < -0.3 is 10.2 Å². The second-order valence-electron chi connectivity index (χ2n) is 4.01. The van der Waals surface area contributed by atoms with Gasteiger partial charge in [0.05, 0.1) is 5.41 Å². The van der Waals surface area contributed by atoms with Crippen LogP contribution in [0, 0.1) is 5.41 Å². The predicted octanol–water partition coefficient (Wildman–Crippen LogP) is 1.24. The summed E-state index contributed by atoms with van der Waals surface area (Å²) >= 11 is 0. The number of hydrogen-bond acceptors (Lipinski definition) is 2. The quantitative estimate of drug-likeness (QED) is 0.635. The average molecular weight is 198 g/mol. The smallest absolute Gasteiger partial charge is 0.228 e. The first-order valence-electron chi connectivity index (χ1n) is 5.71. The Bertz CT molecular complexity index is 192. The maximum absolute atomic E-state index is 11.8. The number of hydrogen-bond donors (Lipinski definition) is 1. The van der Waals surface area contributed by atoms with Crippen LogP contribution < -0.4 is 5.32 Å². The molecule has 0 aromatic carbocycles. The molecular formula is C11H22N2O. The number of likely N-dealkylation sites (tertiary alicyclic amines) is 1. The third-order valence-corrected chi connectivity index (χ3v) is 3.29. The van der Waals surface area contributed by atoms with Crippen LogP contribution in [-0.4, -0.2) is 37.5 Å². The molecule has 1 N–H and O–H groups in total. The Morgan fingerprint density at radius 3 is 2.21 bits per heavy atom. The molecular weight excluding hydrogens is 176 g/mol. The van der Waals surface area contributed by atoms with Gasteiger partial charge in [-0.05, 0) is 32.4 Å². The van der Waals surface area contributed by atoms with Gasteiger partial charge in [0.25, 0.3) is 0 Å². The Morgan fingerprint density at radius 2 is 1.79 bits per heavy atom. The highest BCUT2D eigenvalue weighted by Crippen LogP contribution is 2.38. The minimum Gasteiger partial charge on any atom is -0.345 e. The summed E-state index contributed by atoms with van der Waals surface area (Å²) < 4.78 is 0. The average Bonchev–Trinajstić information content (AvgIpc) is 2.52. The first kappa shape index (κ1) is 11.5. The number of nitrogens with zero attached hydrogens (tertiary/aromatic N) is 1. The molecule has 0 unspecified atom stereocenters. The molecule has 0 atom stereocenters. The van der Waals surface area contributed by atoms with Gasteiger partial charge in [-0.15, -0.1) is 0 Å². The van der Waals surface area contributed by atoms with Crippen molar-refractivity contribution in [3.8, 4) is 0 Å². The summed E-state index contributed by atoms with van der Waals surface area (Å²) in [6.45, 7) is 6.98. The van der Waals surface area contributed by atoms with Crippen LogP contribution >= 0.6 is 0 Å². The third-order valence-electron chi connectivity index (χ3n) is 3.29. The molecule has 2 fully saturated rings. The van der Waals surface area contributed by atoms with Crippen LogP contribution in [0.3, 0.4) is 0 Å². The zero-order valence-electron chi connectivity index (χ0n) is 9.60. The lowest BCUT2D eigenvalue weighted by atomic mass is 9.78. The fraction of sp³-hybridized carbons (Fsp3) is 0.909. The number of nitrogens with one attached hydrogen (secondary N) is 1. The largest absolute Gasteiger partial charge is 0.345 e. The number of amides is 1. The fourth-order valence-corrected chi connectivity index (χ4v) is 2.36. The maximum atomic E-state index is 11.8. The van der Waals surface area contributed by atoms with Gasteiger partial charge in [-0.25, -0.2) is 0 Å². The van der Waals surface area contributed by atoms with Crippen molar-refractivity contribution in [1.29, 1.82) is 0 Å². The number of rotatable bonds is 0. The van der Waals surface area contributed by atoms with Crippen LogP contribution in [0.5, 0.6) is 0 Å². The summed E-state index contributed by atoms with van der Waals surface area (Å²) in [5, 5.41) is 3.30. The SMILES string of the molecule is CC.CN1CCC2(CCNCC2)C1=O. The molecule has 0 aliphatic carbocycles. The van der Waals surface area contributed by atoms with Crippen LogP contribution in [0.2, 0.25) is 0 Å². The summed E-state index contributed by atoms with van der Waals surface area (Å²) in [7, 11) is 1.92. The first-order valence-corrected chi connectivity index (χ1v) is 5.71. The predicted molar refractivity (Wildman–Crippen MR) is 58.1 cm³/mol. The molecule has 82 valence electrons. The first-order chi connectivity index (χ1) is 6.75. The molecule has 2 heterocycles. The van der Waals surface area contributed by atoms with Crippen LogP contribution in [0.25, 0.3) is 0 Å². The van der Waals surface area contributed by atoms with Crippen LogP contribution in [0.4, 0.5) is 0 Å². The van der Waals surface area contributed by atoms with Crippen molar-refractivity contribution in [1.82, 2.24) is 10.2 Å². The van der Waals surface area contributed by atoms with E-state index < -0.39 is 0 Å². The van der Waals surface area contributed by atoms with Crippen molar-refractivity contribution in [2.24, 2.45) is 5.41 Å². The van der Waals surface area contributed by atoms with Crippen LogP contribution in [0.1, 0.15) is 33.1 Å². The zero-order chi connectivity index (χ0) is 10.6. The maximum Gasteiger partial charge on any atom is 0.228 e. The number of piperidine rings is 1. The van der Waals surface area contributed by atoms with Crippen LogP contribution in [-0.2, 0) is 4.79 Å². The van der Waals surface area contributed by atoms with Gasteiger partial charge in [0, 0.05) is 13.6 Å². The van der Waals surface area contributed by atoms with Gasteiger partial charge in [-0.3, -0.25) is 4.79 Å². The lowest BCUT2D eigenvalue weighted by Gasteiger charge is -2.31. The highest BCUT2D eigenvalue weighted by Gasteiger charge is 2.45. The summed E-state index contributed by atoms with van der Waals surface area (Å²) in [5.74, 6) is 0.379. The summed E-state index contributed by atoms with van der Waals surface area (Å²) in [5.41, 5.74) is 0.0278. The number of carbonyl (C=O) groups is 1. The van der Waals surface area contributed by atoms with Gasteiger partial charge in [0.15, 0.2) is 0 Å². The summed E-state index contributed by atoms with van der Waals surface area (Å²) in [6.07, 6.45) is 3.15. The zero-order valence-corrected chi connectivity index (χ0v) is 9.60. The molecule has 0 aromatic heterocycles. The second-order valence-corrected chi connectivity index (χ2v) is 4.01. The topological polar surface area (TPSA) is 32.3 Å². The van der Waals surface area contributed by atoms with Crippen molar-refractivity contribution in [2.75, 3.05) is 26.7 Å². The molecule has 2 saturated heterocycles. The van der Waals surface area contributed by atoms with Crippen molar-refractivity contribution >= 4 is 5.91 Å². The molecule has 0 bridgehead atoms. The normalized spacial score (nSPS) is 24.8. The molecule has 0 saturated carbocycles. The van der Waals surface area contributed by atoms with Gasteiger partial charge in [-0.1, -0.05) is 13.8 Å². The van der Waals surface area contributed by atoms with E-state index >= 15 is 0 Å². The lowest BCUT2D eigenvalue weighted by molar-refractivity contribution is -0.136. The van der Waals surface area contributed by atoms with E-state index in [4.69, 9.17) is 0 Å². The Kier molecular flexibility index (Phi) is 3.93. The molecule has 3 nitrogen and oxygen atoms in total. The molecule has 14 heavy (non-hydrogen) atoms. The molecule has 0 radical (unpaired) electrons. The lowest BCUT2D eigenvalue weighted by Crippen LogP contribution is -2.41. The molecule has 1 amide bonds. The molecule has 2 aliphatic heterocycles. The van der Waals surface area contributed by atoms with E-state index in [1.54, 1.807) is 0 Å².